The lowest BCUT2D eigenvalue weighted by molar-refractivity contribution is 0.318. The molecular weight excluding hydrogens is 393 g/mol. The zero-order valence-corrected chi connectivity index (χ0v) is 16.1. The highest BCUT2D eigenvalue weighted by atomic mass is 35.5. The molecule has 1 heterocycles. The summed E-state index contributed by atoms with van der Waals surface area (Å²) < 4.78 is 5.35. The van der Waals surface area contributed by atoms with Crippen LogP contribution in [0.1, 0.15) is 12.5 Å². The van der Waals surface area contributed by atoms with E-state index >= 15 is 0 Å². The molecule has 0 fully saturated rings. The van der Waals surface area contributed by atoms with Crippen LogP contribution in [0.4, 0.5) is 5.13 Å². The topological polar surface area (TPSA) is 66.7 Å². The van der Waals surface area contributed by atoms with Gasteiger partial charge >= 0.3 is 0 Å². The number of benzene rings is 2. The number of aromatic hydroxyl groups is 1. The van der Waals surface area contributed by atoms with Crippen molar-refractivity contribution in [1.82, 2.24) is 4.98 Å². The van der Waals surface area contributed by atoms with E-state index in [4.69, 9.17) is 27.9 Å². The molecule has 0 atom stereocenters. The van der Waals surface area contributed by atoms with Crippen LogP contribution in [0, 0.1) is 0 Å². The molecule has 0 bridgehead atoms. The number of halogens is 2. The third kappa shape index (κ3) is 4.46. The van der Waals surface area contributed by atoms with Crippen molar-refractivity contribution in [3.05, 3.63) is 57.4 Å². The van der Waals surface area contributed by atoms with Crippen molar-refractivity contribution < 1.29 is 9.84 Å². The van der Waals surface area contributed by atoms with Crippen LogP contribution in [0.25, 0.3) is 11.3 Å². The second-order valence-electron chi connectivity index (χ2n) is 5.19. The first kappa shape index (κ1) is 18.5. The molecule has 134 valence electrons. The van der Waals surface area contributed by atoms with Crippen LogP contribution in [0.3, 0.4) is 0 Å². The molecule has 0 saturated heterocycles. The standard InChI is InChI=1S/C18H15Cl2N3O2S/c1-2-25-17-7-11(3-6-16(17)24)9-21-23-18-22-15(10-26-18)13-5-4-12(19)8-14(13)20/h3-10,24H,2H2,1H3,(H,22,23). The second kappa shape index (κ2) is 8.40. The van der Waals surface area contributed by atoms with E-state index in [0.29, 0.717) is 27.5 Å². The molecule has 3 aromatic rings. The van der Waals surface area contributed by atoms with E-state index < -0.39 is 0 Å². The number of thiazole rings is 1. The fraction of sp³-hybridized carbons (Fsp3) is 0.111. The van der Waals surface area contributed by atoms with Gasteiger partial charge in [-0.2, -0.15) is 5.10 Å². The van der Waals surface area contributed by atoms with Crippen molar-refractivity contribution in [2.24, 2.45) is 5.10 Å². The first-order chi connectivity index (χ1) is 12.6. The number of aromatic nitrogens is 1. The Morgan fingerprint density at radius 1 is 1.27 bits per heavy atom. The highest BCUT2D eigenvalue weighted by molar-refractivity contribution is 7.14. The van der Waals surface area contributed by atoms with Gasteiger partial charge in [-0.25, -0.2) is 4.98 Å². The number of anilines is 1. The third-order valence-electron chi connectivity index (χ3n) is 3.37. The quantitative estimate of drug-likeness (QED) is 0.408. The van der Waals surface area contributed by atoms with E-state index in [-0.39, 0.29) is 5.75 Å². The molecule has 3 rings (SSSR count). The Bertz CT molecular complexity index is 944. The lowest BCUT2D eigenvalue weighted by atomic mass is 10.2. The fourth-order valence-electron chi connectivity index (χ4n) is 2.19. The Labute approximate surface area is 164 Å². The normalized spacial score (nSPS) is 11.0. The van der Waals surface area contributed by atoms with E-state index in [1.807, 2.05) is 18.4 Å². The molecular formula is C18H15Cl2N3O2S. The summed E-state index contributed by atoms with van der Waals surface area (Å²) in [5.41, 5.74) is 5.23. The van der Waals surface area contributed by atoms with Gasteiger partial charge in [0.25, 0.3) is 0 Å². The number of rotatable bonds is 6. The molecule has 0 radical (unpaired) electrons. The van der Waals surface area contributed by atoms with Gasteiger partial charge < -0.3 is 9.84 Å². The second-order valence-corrected chi connectivity index (χ2v) is 6.89. The molecule has 26 heavy (non-hydrogen) atoms. The maximum Gasteiger partial charge on any atom is 0.203 e. The number of nitrogens with zero attached hydrogens (tertiary/aromatic N) is 2. The summed E-state index contributed by atoms with van der Waals surface area (Å²) in [4.78, 5) is 4.46. The summed E-state index contributed by atoms with van der Waals surface area (Å²) in [5.74, 6) is 0.520. The van der Waals surface area contributed by atoms with Gasteiger partial charge in [-0.1, -0.05) is 23.2 Å². The van der Waals surface area contributed by atoms with Gasteiger partial charge in [0.1, 0.15) is 0 Å². The number of phenolic OH excluding ortho intramolecular Hbond substituents is 1. The predicted octanol–water partition coefficient (Wildman–Crippen LogP) is 5.67. The molecule has 0 aliphatic heterocycles. The first-order valence-electron chi connectivity index (χ1n) is 7.72. The van der Waals surface area contributed by atoms with Gasteiger partial charge in [0.05, 0.1) is 23.5 Å². The maximum atomic E-state index is 9.71. The Morgan fingerprint density at radius 2 is 2.12 bits per heavy atom. The average molecular weight is 408 g/mol. The van der Waals surface area contributed by atoms with Crippen molar-refractivity contribution in [2.45, 2.75) is 6.92 Å². The van der Waals surface area contributed by atoms with Crippen LogP contribution in [-0.4, -0.2) is 22.9 Å². The third-order valence-corrected chi connectivity index (χ3v) is 4.66. The molecule has 0 amide bonds. The lowest BCUT2D eigenvalue weighted by Crippen LogP contribution is -1.94. The first-order valence-corrected chi connectivity index (χ1v) is 9.36. The van der Waals surface area contributed by atoms with E-state index in [1.165, 1.54) is 11.3 Å². The number of hydrogen-bond donors (Lipinski definition) is 2. The minimum atomic E-state index is 0.0985. The Balaban J connectivity index is 1.70. The minimum absolute atomic E-state index is 0.0985. The number of hydrogen-bond acceptors (Lipinski definition) is 6. The largest absolute Gasteiger partial charge is 0.504 e. The smallest absolute Gasteiger partial charge is 0.203 e. The highest BCUT2D eigenvalue weighted by Gasteiger charge is 2.08. The Hall–Kier alpha value is -2.28. The van der Waals surface area contributed by atoms with Crippen LogP contribution >= 0.6 is 34.5 Å². The van der Waals surface area contributed by atoms with E-state index in [0.717, 1.165) is 16.8 Å². The maximum absolute atomic E-state index is 9.71. The van der Waals surface area contributed by atoms with E-state index in [1.54, 1.807) is 36.5 Å². The summed E-state index contributed by atoms with van der Waals surface area (Å²) in [5, 5.41) is 17.5. The summed E-state index contributed by atoms with van der Waals surface area (Å²) in [6, 6.07) is 10.3. The zero-order valence-electron chi connectivity index (χ0n) is 13.7. The molecule has 8 heteroatoms. The van der Waals surface area contributed by atoms with Crippen molar-refractivity contribution >= 4 is 45.9 Å². The van der Waals surface area contributed by atoms with Crippen molar-refractivity contribution in [1.29, 1.82) is 0 Å². The van der Waals surface area contributed by atoms with Gasteiger partial charge in [-0.15, -0.1) is 11.3 Å². The molecule has 0 aliphatic rings. The molecule has 5 nitrogen and oxygen atoms in total. The van der Waals surface area contributed by atoms with Gasteiger partial charge in [0.2, 0.25) is 5.13 Å². The number of hydrazone groups is 1. The van der Waals surface area contributed by atoms with Gasteiger partial charge in [-0.05, 0) is 48.9 Å². The van der Waals surface area contributed by atoms with Gasteiger partial charge in [0, 0.05) is 16.0 Å². The zero-order chi connectivity index (χ0) is 18.5. The Morgan fingerprint density at radius 3 is 2.88 bits per heavy atom. The van der Waals surface area contributed by atoms with Crippen LogP contribution in [0.5, 0.6) is 11.5 Å². The molecule has 1 aromatic heterocycles. The SMILES string of the molecule is CCOc1cc(C=NNc2nc(-c3ccc(Cl)cc3Cl)cs2)ccc1O. The van der Waals surface area contributed by atoms with E-state index in [9.17, 15) is 5.11 Å². The number of nitrogens with one attached hydrogen (secondary N) is 1. The molecule has 0 saturated carbocycles. The minimum Gasteiger partial charge on any atom is -0.504 e. The predicted molar refractivity (Wildman–Crippen MR) is 108 cm³/mol. The highest BCUT2D eigenvalue weighted by Crippen LogP contribution is 2.32. The van der Waals surface area contributed by atoms with Crippen LogP contribution < -0.4 is 10.2 Å². The molecule has 2 aromatic carbocycles. The molecule has 0 unspecified atom stereocenters. The van der Waals surface area contributed by atoms with E-state index in [2.05, 4.69) is 15.5 Å². The van der Waals surface area contributed by atoms with Crippen molar-refractivity contribution in [3.8, 4) is 22.8 Å². The summed E-state index contributed by atoms with van der Waals surface area (Å²) in [6.07, 6.45) is 1.62. The van der Waals surface area contributed by atoms with Gasteiger partial charge in [-0.3, -0.25) is 5.43 Å². The van der Waals surface area contributed by atoms with Crippen molar-refractivity contribution in [3.63, 3.8) is 0 Å². The fourth-order valence-corrected chi connectivity index (χ4v) is 3.35. The average Bonchev–Trinajstić information content (AvgIpc) is 3.06. The molecule has 2 N–H and O–H groups in total. The lowest BCUT2D eigenvalue weighted by Gasteiger charge is -2.05. The Kier molecular flexibility index (Phi) is 5.98. The molecule has 0 spiro atoms. The summed E-state index contributed by atoms with van der Waals surface area (Å²) in [6.45, 7) is 2.33. The monoisotopic (exact) mass is 407 g/mol. The number of ether oxygens (including phenoxy) is 1. The van der Waals surface area contributed by atoms with Crippen molar-refractivity contribution in [2.75, 3.05) is 12.0 Å². The van der Waals surface area contributed by atoms with Crippen LogP contribution in [0.15, 0.2) is 46.9 Å². The van der Waals surface area contributed by atoms with Crippen LogP contribution in [0.2, 0.25) is 10.0 Å². The number of phenols is 1. The van der Waals surface area contributed by atoms with Crippen LogP contribution in [-0.2, 0) is 0 Å². The summed E-state index contributed by atoms with van der Waals surface area (Å²) >= 11 is 13.5. The molecule has 0 aliphatic carbocycles. The van der Waals surface area contributed by atoms with Gasteiger partial charge in [0.15, 0.2) is 11.5 Å². The summed E-state index contributed by atoms with van der Waals surface area (Å²) in [7, 11) is 0.